The molecule has 0 aromatic heterocycles. The average Bonchev–Trinajstić information content (AvgIpc) is 2.54. The van der Waals surface area contributed by atoms with Crippen molar-refractivity contribution in [3.8, 4) is 0 Å². The Labute approximate surface area is 147 Å². The zero-order chi connectivity index (χ0) is 16.4. The molecule has 0 aliphatic carbocycles. The predicted molar refractivity (Wildman–Crippen MR) is 96.3 cm³/mol. The summed E-state index contributed by atoms with van der Waals surface area (Å²) in [6.45, 7) is 8.48. The number of halogens is 2. The summed E-state index contributed by atoms with van der Waals surface area (Å²) in [7, 11) is 0. The molecular formula is C16H23Cl2N5. The molecule has 23 heavy (non-hydrogen) atoms. The molecule has 2 bridgehead atoms. The third kappa shape index (κ3) is 4.10. The number of hydrogen-bond donors (Lipinski definition) is 2. The summed E-state index contributed by atoms with van der Waals surface area (Å²) >= 11 is 12.2. The Kier molecular flexibility index (Phi) is 5.31. The fourth-order valence-electron chi connectivity index (χ4n) is 3.30. The fraction of sp³-hybridized carbons (Fsp3) is 0.562. The number of nitrogens with one attached hydrogen (secondary N) is 1. The van der Waals surface area contributed by atoms with Crippen molar-refractivity contribution in [2.45, 2.75) is 19.0 Å². The van der Waals surface area contributed by atoms with Crippen molar-refractivity contribution in [3.05, 3.63) is 33.8 Å². The lowest BCUT2D eigenvalue weighted by atomic mass is 10.1. The van der Waals surface area contributed by atoms with E-state index in [-0.39, 0.29) is 6.04 Å². The number of piperazine rings is 3. The molecule has 0 radical (unpaired) electrons. The molecule has 0 saturated carbocycles. The smallest absolute Gasteiger partial charge is 0.189 e. The van der Waals surface area contributed by atoms with Gasteiger partial charge >= 0.3 is 0 Å². The minimum Gasteiger partial charge on any atom is -0.370 e. The molecule has 5 nitrogen and oxygen atoms in total. The molecule has 3 heterocycles. The molecule has 126 valence electrons. The van der Waals surface area contributed by atoms with E-state index in [1.807, 2.05) is 19.1 Å². The Hall–Kier alpha value is -1.01. The molecule has 3 fully saturated rings. The summed E-state index contributed by atoms with van der Waals surface area (Å²) in [6.07, 6.45) is 0. The Morgan fingerprint density at radius 1 is 1.35 bits per heavy atom. The second kappa shape index (κ2) is 7.26. The minimum absolute atomic E-state index is 0.0182. The SMILES string of the molecule is CC(NC(N)=NCC1CN2CCN1CC2)c1ccc(Cl)cc1Cl. The standard InChI is InChI=1S/C16H23Cl2N5/c1-11(14-3-2-12(17)8-15(14)18)21-16(19)20-9-13-10-22-4-6-23(13)7-5-22/h2-3,8,11,13H,4-7,9-10H2,1H3,(H3,19,20,21). The van der Waals surface area contributed by atoms with Gasteiger partial charge in [-0.1, -0.05) is 29.3 Å². The van der Waals surface area contributed by atoms with Crippen LogP contribution in [0.3, 0.4) is 0 Å². The van der Waals surface area contributed by atoms with Crippen LogP contribution in [0.4, 0.5) is 0 Å². The summed E-state index contributed by atoms with van der Waals surface area (Å²) in [4.78, 5) is 9.54. The van der Waals surface area contributed by atoms with E-state index in [1.54, 1.807) is 6.07 Å². The lowest BCUT2D eigenvalue weighted by Gasteiger charge is -2.47. The van der Waals surface area contributed by atoms with E-state index in [0.29, 0.717) is 22.0 Å². The largest absolute Gasteiger partial charge is 0.370 e. The summed E-state index contributed by atoms with van der Waals surface area (Å²) in [5.74, 6) is 0.459. The van der Waals surface area contributed by atoms with Gasteiger partial charge in [0, 0.05) is 48.8 Å². The number of guanidine groups is 1. The van der Waals surface area contributed by atoms with E-state index >= 15 is 0 Å². The Morgan fingerprint density at radius 2 is 2.09 bits per heavy atom. The van der Waals surface area contributed by atoms with Gasteiger partial charge in [-0.25, -0.2) is 0 Å². The normalized spacial score (nSPS) is 28.7. The van der Waals surface area contributed by atoms with Gasteiger partial charge in [0.15, 0.2) is 5.96 Å². The van der Waals surface area contributed by atoms with Gasteiger partial charge in [0.2, 0.25) is 0 Å². The molecule has 1 aromatic rings. The van der Waals surface area contributed by atoms with Gasteiger partial charge in [-0.2, -0.15) is 0 Å². The molecule has 3 N–H and O–H groups in total. The second-order valence-corrected chi connectivity index (χ2v) is 7.09. The summed E-state index contributed by atoms with van der Waals surface area (Å²) < 4.78 is 0. The van der Waals surface area contributed by atoms with Gasteiger partial charge in [-0.05, 0) is 24.6 Å². The Balaban J connectivity index is 1.56. The highest BCUT2D eigenvalue weighted by Gasteiger charge is 2.31. The van der Waals surface area contributed by atoms with Crippen molar-refractivity contribution in [1.82, 2.24) is 15.1 Å². The number of nitrogens with zero attached hydrogens (tertiary/aromatic N) is 3. The fourth-order valence-corrected chi connectivity index (χ4v) is 3.87. The quantitative estimate of drug-likeness (QED) is 0.640. The zero-order valence-corrected chi connectivity index (χ0v) is 14.8. The predicted octanol–water partition coefficient (Wildman–Crippen LogP) is 1.96. The number of benzene rings is 1. The van der Waals surface area contributed by atoms with E-state index in [2.05, 4.69) is 20.1 Å². The molecule has 0 amide bonds. The van der Waals surface area contributed by atoms with E-state index in [9.17, 15) is 0 Å². The molecular weight excluding hydrogens is 333 g/mol. The monoisotopic (exact) mass is 355 g/mol. The van der Waals surface area contributed by atoms with Gasteiger partial charge in [0.1, 0.15) is 0 Å². The van der Waals surface area contributed by atoms with E-state index in [4.69, 9.17) is 28.9 Å². The van der Waals surface area contributed by atoms with Crippen molar-refractivity contribution in [2.24, 2.45) is 10.7 Å². The Bertz CT molecular complexity index is 584. The number of nitrogens with two attached hydrogens (primary N) is 1. The van der Waals surface area contributed by atoms with Crippen LogP contribution in [0.2, 0.25) is 10.0 Å². The van der Waals surface area contributed by atoms with Crippen molar-refractivity contribution in [1.29, 1.82) is 0 Å². The molecule has 7 heteroatoms. The van der Waals surface area contributed by atoms with Crippen LogP contribution in [0.25, 0.3) is 0 Å². The van der Waals surface area contributed by atoms with Gasteiger partial charge in [-0.15, -0.1) is 0 Å². The summed E-state index contributed by atoms with van der Waals surface area (Å²) in [5, 5.41) is 4.47. The van der Waals surface area contributed by atoms with Gasteiger partial charge in [0.05, 0.1) is 12.6 Å². The Morgan fingerprint density at radius 3 is 2.70 bits per heavy atom. The number of rotatable bonds is 4. The van der Waals surface area contributed by atoms with E-state index < -0.39 is 0 Å². The van der Waals surface area contributed by atoms with Crippen LogP contribution in [0.5, 0.6) is 0 Å². The maximum Gasteiger partial charge on any atom is 0.189 e. The molecule has 3 aliphatic heterocycles. The first-order chi connectivity index (χ1) is 11.0. The van der Waals surface area contributed by atoms with Crippen LogP contribution < -0.4 is 11.1 Å². The molecule has 4 rings (SSSR count). The molecule has 2 unspecified atom stereocenters. The average molecular weight is 356 g/mol. The highest BCUT2D eigenvalue weighted by molar-refractivity contribution is 6.35. The number of aliphatic imine (C=N–C) groups is 1. The minimum atomic E-state index is -0.0182. The lowest BCUT2D eigenvalue weighted by Crippen LogP contribution is -2.61. The molecule has 1 aromatic carbocycles. The highest BCUT2D eigenvalue weighted by atomic mass is 35.5. The third-order valence-corrected chi connectivity index (χ3v) is 5.22. The summed E-state index contributed by atoms with van der Waals surface area (Å²) in [5.41, 5.74) is 7.00. The maximum absolute atomic E-state index is 6.23. The maximum atomic E-state index is 6.23. The molecule has 3 aliphatic rings. The van der Waals surface area contributed by atoms with E-state index in [0.717, 1.165) is 31.7 Å². The highest BCUT2D eigenvalue weighted by Crippen LogP contribution is 2.26. The molecule has 3 saturated heterocycles. The molecule has 2 atom stereocenters. The lowest BCUT2D eigenvalue weighted by molar-refractivity contribution is 0.0174. The van der Waals surface area contributed by atoms with Crippen LogP contribution >= 0.6 is 23.2 Å². The van der Waals surface area contributed by atoms with Gasteiger partial charge in [0.25, 0.3) is 0 Å². The van der Waals surface area contributed by atoms with Crippen molar-refractivity contribution in [3.63, 3.8) is 0 Å². The first-order valence-corrected chi connectivity index (χ1v) is 8.76. The van der Waals surface area contributed by atoms with Gasteiger partial charge in [-0.3, -0.25) is 14.8 Å². The zero-order valence-electron chi connectivity index (χ0n) is 13.3. The molecule has 0 spiro atoms. The topological polar surface area (TPSA) is 56.9 Å². The van der Waals surface area contributed by atoms with E-state index in [1.165, 1.54) is 13.1 Å². The number of hydrogen-bond acceptors (Lipinski definition) is 3. The first-order valence-electron chi connectivity index (χ1n) is 8.01. The van der Waals surface area contributed by atoms with Crippen LogP contribution in [-0.2, 0) is 0 Å². The van der Waals surface area contributed by atoms with Crippen LogP contribution in [0.15, 0.2) is 23.2 Å². The van der Waals surface area contributed by atoms with Crippen LogP contribution in [-0.4, -0.2) is 61.1 Å². The van der Waals surface area contributed by atoms with Crippen molar-refractivity contribution in [2.75, 3.05) is 39.3 Å². The first kappa shape index (κ1) is 16.8. The van der Waals surface area contributed by atoms with Crippen molar-refractivity contribution < 1.29 is 0 Å². The summed E-state index contributed by atoms with van der Waals surface area (Å²) in [6, 6.07) is 5.94. The third-order valence-electron chi connectivity index (χ3n) is 4.66. The van der Waals surface area contributed by atoms with Crippen LogP contribution in [0.1, 0.15) is 18.5 Å². The van der Waals surface area contributed by atoms with Crippen LogP contribution in [0, 0.1) is 0 Å². The van der Waals surface area contributed by atoms with Gasteiger partial charge < -0.3 is 11.1 Å². The number of fused-ring (bicyclic) bond motifs is 3. The van der Waals surface area contributed by atoms with Crippen molar-refractivity contribution >= 4 is 29.2 Å². The second-order valence-electron chi connectivity index (χ2n) is 6.25.